The smallest absolute Gasteiger partial charge is 0.119 e. The zero-order valence-corrected chi connectivity index (χ0v) is 22.9. The van der Waals surface area contributed by atoms with E-state index in [1.165, 1.54) is 134 Å². The molecule has 1 heteroatoms. The normalized spacial score (nSPS) is 25.4. The zero-order chi connectivity index (χ0) is 23.8. The van der Waals surface area contributed by atoms with Crippen molar-refractivity contribution >= 4 is 0 Å². The molecule has 1 aromatic rings. The first-order valence-corrected chi connectivity index (χ1v) is 15.5. The Balaban J connectivity index is 1.21. The Kier molecular flexibility index (Phi) is 13.5. The van der Waals surface area contributed by atoms with Crippen molar-refractivity contribution in [3.8, 4) is 5.75 Å². The predicted octanol–water partition coefficient (Wildman–Crippen LogP) is 10.6. The first-order chi connectivity index (χ1) is 16.8. The summed E-state index contributed by atoms with van der Waals surface area (Å²) in [6, 6.07) is 9.04. The third-order valence-electron chi connectivity index (χ3n) is 9.15. The van der Waals surface area contributed by atoms with Crippen LogP contribution in [0.1, 0.15) is 141 Å². The van der Waals surface area contributed by atoms with Crippen LogP contribution in [0.3, 0.4) is 0 Å². The fourth-order valence-electron chi connectivity index (χ4n) is 6.66. The van der Waals surface area contributed by atoms with Gasteiger partial charge in [-0.05, 0) is 67.1 Å². The lowest BCUT2D eigenvalue weighted by Crippen LogP contribution is -2.15. The zero-order valence-electron chi connectivity index (χ0n) is 22.9. The van der Waals surface area contributed by atoms with Gasteiger partial charge in [-0.3, -0.25) is 0 Å². The number of aryl methyl sites for hydroxylation is 1. The highest BCUT2D eigenvalue weighted by Gasteiger charge is 2.21. The van der Waals surface area contributed by atoms with Gasteiger partial charge in [0.2, 0.25) is 0 Å². The molecule has 2 aliphatic carbocycles. The highest BCUT2D eigenvalue weighted by molar-refractivity contribution is 5.27. The Bertz CT molecular complexity index is 604. The van der Waals surface area contributed by atoms with E-state index >= 15 is 0 Å². The topological polar surface area (TPSA) is 9.23 Å². The van der Waals surface area contributed by atoms with Gasteiger partial charge in [0.25, 0.3) is 0 Å². The SMILES string of the molecule is CCCCCC[C@H]1CC[C@H](CCc2ccc(OCCC[C@H]3CC[C@H](CCCC)CC3)cc2)CC1. The van der Waals surface area contributed by atoms with Crippen molar-refractivity contribution in [2.45, 2.75) is 142 Å². The maximum Gasteiger partial charge on any atom is 0.119 e. The summed E-state index contributed by atoms with van der Waals surface area (Å²) in [5.74, 6) is 5.05. The number of unbranched alkanes of at least 4 members (excludes halogenated alkanes) is 4. The van der Waals surface area contributed by atoms with Gasteiger partial charge in [0.1, 0.15) is 5.75 Å². The van der Waals surface area contributed by atoms with Crippen LogP contribution in [0, 0.1) is 23.7 Å². The summed E-state index contributed by atoms with van der Waals surface area (Å²) >= 11 is 0. The molecule has 194 valence electrons. The van der Waals surface area contributed by atoms with Gasteiger partial charge in [0.15, 0.2) is 0 Å². The lowest BCUT2D eigenvalue weighted by Gasteiger charge is -2.28. The first-order valence-electron chi connectivity index (χ1n) is 15.5. The fourth-order valence-corrected chi connectivity index (χ4v) is 6.66. The molecule has 0 saturated heterocycles. The van der Waals surface area contributed by atoms with Gasteiger partial charge in [-0.1, -0.05) is 129 Å². The molecular formula is C33H56O. The summed E-state index contributed by atoms with van der Waals surface area (Å²) < 4.78 is 6.08. The Morgan fingerprint density at radius 1 is 0.559 bits per heavy atom. The van der Waals surface area contributed by atoms with E-state index in [4.69, 9.17) is 4.74 Å². The van der Waals surface area contributed by atoms with E-state index in [2.05, 4.69) is 38.1 Å². The van der Waals surface area contributed by atoms with Crippen LogP contribution in [-0.4, -0.2) is 6.61 Å². The third kappa shape index (κ3) is 10.7. The molecule has 2 fully saturated rings. The summed E-state index contributed by atoms with van der Waals surface area (Å²) in [5, 5.41) is 0. The van der Waals surface area contributed by atoms with E-state index in [1.54, 1.807) is 0 Å². The molecule has 1 nitrogen and oxygen atoms in total. The average molecular weight is 469 g/mol. The maximum atomic E-state index is 6.08. The van der Waals surface area contributed by atoms with Crippen molar-refractivity contribution < 1.29 is 4.74 Å². The Morgan fingerprint density at radius 3 is 1.62 bits per heavy atom. The highest BCUT2D eigenvalue weighted by atomic mass is 16.5. The van der Waals surface area contributed by atoms with Crippen LogP contribution in [0.15, 0.2) is 24.3 Å². The van der Waals surface area contributed by atoms with Gasteiger partial charge >= 0.3 is 0 Å². The van der Waals surface area contributed by atoms with E-state index in [0.717, 1.165) is 36.0 Å². The summed E-state index contributed by atoms with van der Waals surface area (Å²) in [5.41, 5.74) is 1.49. The standard InChI is InChI=1S/C33H56O/c1-3-5-7-8-11-29-17-19-31(20-18-29)21-22-32-23-25-33(26-24-32)34-27-9-12-30-15-13-28(14-16-30)10-6-4-2/h23-26,28-31H,3-22,27H2,1-2H3/t28-,29-,30-,31-. The molecule has 0 heterocycles. The van der Waals surface area contributed by atoms with Gasteiger partial charge in [-0.2, -0.15) is 0 Å². The number of ether oxygens (including phenoxy) is 1. The molecule has 2 aliphatic rings. The van der Waals surface area contributed by atoms with Gasteiger partial charge < -0.3 is 4.74 Å². The van der Waals surface area contributed by atoms with Crippen LogP contribution in [0.4, 0.5) is 0 Å². The molecule has 0 bridgehead atoms. The quantitative estimate of drug-likeness (QED) is 0.219. The van der Waals surface area contributed by atoms with Crippen molar-refractivity contribution in [3.63, 3.8) is 0 Å². The van der Waals surface area contributed by atoms with Gasteiger partial charge in [-0.25, -0.2) is 0 Å². The second kappa shape index (κ2) is 16.6. The minimum Gasteiger partial charge on any atom is -0.494 e. The molecular weight excluding hydrogens is 412 g/mol. The average Bonchev–Trinajstić information content (AvgIpc) is 2.89. The van der Waals surface area contributed by atoms with Crippen LogP contribution in [0.5, 0.6) is 5.75 Å². The predicted molar refractivity (Wildman–Crippen MR) is 149 cm³/mol. The lowest BCUT2D eigenvalue weighted by atomic mass is 9.78. The molecule has 1 aromatic carbocycles. The van der Waals surface area contributed by atoms with E-state index in [-0.39, 0.29) is 0 Å². The van der Waals surface area contributed by atoms with Crippen molar-refractivity contribution in [1.29, 1.82) is 0 Å². The minimum absolute atomic E-state index is 0.886. The molecule has 0 radical (unpaired) electrons. The molecule has 2 saturated carbocycles. The summed E-state index contributed by atoms with van der Waals surface area (Å²) in [6.07, 6.45) is 28.5. The molecule has 0 aliphatic heterocycles. The summed E-state index contributed by atoms with van der Waals surface area (Å²) in [7, 11) is 0. The van der Waals surface area contributed by atoms with Crippen molar-refractivity contribution in [2.75, 3.05) is 6.61 Å². The largest absolute Gasteiger partial charge is 0.494 e. The molecule has 0 N–H and O–H groups in total. The van der Waals surface area contributed by atoms with Gasteiger partial charge in [0.05, 0.1) is 6.61 Å². The second-order valence-electron chi connectivity index (χ2n) is 11.9. The Hall–Kier alpha value is -0.980. The molecule has 0 spiro atoms. The summed E-state index contributed by atoms with van der Waals surface area (Å²) in [6.45, 7) is 5.52. The minimum atomic E-state index is 0.886. The Labute approximate surface area is 212 Å². The van der Waals surface area contributed by atoms with E-state index in [0.29, 0.717) is 0 Å². The van der Waals surface area contributed by atoms with E-state index in [9.17, 15) is 0 Å². The van der Waals surface area contributed by atoms with Crippen LogP contribution >= 0.6 is 0 Å². The molecule has 34 heavy (non-hydrogen) atoms. The van der Waals surface area contributed by atoms with Crippen molar-refractivity contribution in [2.24, 2.45) is 23.7 Å². The maximum absolute atomic E-state index is 6.08. The fraction of sp³-hybridized carbons (Fsp3) is 0.818. The highest BCUT2D eigenvalue weighted by Crippen LogP contribution is 2.35. The third-order valence-corrected chi connectivity index (χ3v) is 9.15. The number of hydrogen-bond acceptors (Lipinski definition) is 1. The van der Waals surface area contributed by atoms with Crippen molar-refractivity contribution in [1.82, 2.24) is 0 Å². The molecule has 0 atom stereocenters. The number of hydrogen-bond donors (Lipinski definition) is 0. The van der Waals surface area contributed by atoms with Crippen LogP contribution in [0.25, 0.3) is 0 Å². The van der Waals surface area contributed by atoms with Gasteiger partial charge in [0, 0.05) is 0 Å². The van der Waals surface area contributed by atoms with Crippen LogP contribution in [0.2, 0.25) is 0 Å². The second-order valence-corrected chi connectivity index (χ2v) is 11.9. The van der Waals surface area contributed by atoms with Gasteiger partial charge in [-0.15, -0.1) is 0 Å². The molecule has 0 aromatic heterocycles. The molecule has 0 amide bonds. The Morgan fingerprint density at radius 2 is 1.06 bits per heavy atom. The van der Waals surface area contributed by atoms with E-state index < -0.39 is 0 Å². The lowest BCUT2D eigenvalue weighted by molar-refractivity contribution is 0.228. The van der Waals surface area contributed by atoms with E-state index in [1.807, 2.05) is 0 Å². The van der Waals surface area contributed by atoms with Crippen LogP contribution in [-0.2, 0) is 6.42 Å². The summed E-state index contributed by atoms with van der Waals surface area (Å²) in [4.78, 5) is 0. The molecule has 3 rings (SSSR count). The number of rotatable bonds is 16. The monoisotopic (exact) mass is 468 g/mol. The van der Waals surface area contributed by atoms with Crippen molar-refractivity contribution in [3.05, 3.63) is 29.8 Å². The first kappa shape index (κ1) is 27.6. The van der Waals surface area contributed by atoms with Crippen LogP contribution < -0.4 is 4.74 Å². The molecule has 0 unspecified atom stereocenters. The number of benzene rings is 1.